The molecule has 0 bridgehead atoms. The summed E-state index contributed by atoms with van der Waals surface area (Å²) in [4.78, 5) is 16.4. The molecule has 0 spiro atoms. The number of hydrogen-bond donors (Lipinski definition) is 0. The van der Waals surface area contributed by atoms with Crippen LogP contribution in [0.25, 0.3) is 6.08 Å². The van der Waals surface area contributed by atoms with E-state index in [0.717, 1.165) is 24.8 Å². The summed E-state index contributed by atoms with van der Waals surface area (Å²) in [6, 6.07) is 13.0. The highest BCUT2D eigenvalue weighted by Gasteiger charge is 2.24. The number of aliphatic imine (C=N–C) groups is 1. The van der Waals surface area contributed by atoms with Gasteiger partial charge in [0.05, 0.1) is 0 Å². The second kappa shape index (κ2) is 7.85. The first-order chi connectivity index (χ1) is 12.1. The Morgan fingerprint density at radius 2 is 1.88 bits per heavy atom. The van der Waals surface area contributed by atoms with E-state index in [2.05, 4.69) is 11.9 Å². The van der Waals surface area contributed by atoms with E-state index in [0.29, 0.717) is 21.5 Å². The second-order valence-corrected chi connectivity index (χ2v) is 6.65. The number of rotatable bonds is 5. The third kappa shape index (κ3) is 4.30. The number of halogens is 2. The van der Waals surface area contributed by atoms with Crippen LogP contribution in [0, 0.1) is 0 Å². The summed E-state index contributed by atoms with van der Waals surface area (Å²) >= 11 is 12.0. The minimum atomic E-state index is -0.490. The van der Waals surface area contributed by atoms with Crippen molar-refractivity contribution in [1.29, 1.82) is 0 Å². The van der Waals surface area contributed by atoms with Crippen molar-refractivity contribution in [3.63, 3.8) is 0 Å². The van der Waals surface area contributed by atoms with Crippen LogP contribution in [0.5, 0.6) is 0 Å². The number of aryl methyl sites for hydroxylation is 1. The molecule has 1 aliphatic heterocycles. The standard InChI is InChI=1S/C20H17Cl2NO2/c1-2-3-4-13-5-7-14(8-6-13)19-23-18(20(24)25-19)11-15-9-10-16(21)12-17(15)22/h5-12H,2-4H2,1H3/b18-11-. The van der Waals surface area contributed by atoms with Gasteiger partial charge >= 0.3 is 5.97 Å². The molecule has 128 valence electrons. The van der Waals surface area contributed by atoms with Crippen molar-refractivity contribution in [1.82, 2.24) is 0 Å². The van der Waals surface area contributed by atoms with Crippen molar-refractivity contribution in [3.8, 4) is 0 Å². The SMILES string of the molecule is CCCCc1ccc(C2=N/C(=C\c3ccc(Cl)cc3Cl)C(=O)O2)cc1. The van der Waals surface area contributed by atoms with Crippen molar-refractivity contribution in [2.75, 3.05) is 0 Å². The molecular formula is C20H17Cl2NO2. The van der Waals surface area contributed by atoms with Crippen molar-refractivity contribution in [2.24, 2.45) is 4.99 Å². The Morgan fingerprint density at radius 3 is 2.56 bits per heavy atom. The van der Waals surface area contributed by atoms with E-state index >= 15 is 0 Å². The molecule has 1 aliphatic rings. The topological polar surface area (TPSA) is 38.7 Å². The van der Waals surface area contributed by atoms with Crippen LogP contribution in [-0.2, 0) is 16.0 Å². The molecule has 25 heavy (non-hydrogen) atoms. The molecule has 0 N–H and O–H groups in total. The molecule has 0 saturated carbocycles. The van der Waals surface area contributed by atoms with E-state index in [1.54, 1.807) is 24.3 Å². The number of benzene rings is 2. The van der Waals surface area contributed by atoms with E-state index in [1.807, 2.05) is 24.3 Å². The average molecular weight is 374 g/mol. The quantitative estimate of drug-likeness (QED) is 0.499. The molecule has 0 atom stereocenters. The zero-order valence-electron chi connectivity index (χ0n) is 13.8. The van der Waals surface area contributed by atoms with Gasteiger partial charge in [-0.05, 0) is 54.3 Å². The zero-order valence-corrected chi connectivity index (χ0v) is 15.3. The summed E-state index contributed by atoms with van der Waals surface area (Å²) in [5.41, 5.74) is 2.92. The minimum absolute atomic E-state index is 0.217. The maximum absolute atomic E-state index is 12.1. The first-order valence-electron chi connectivity index (χ1n) is 8.13. The van der Waals surface area contributed by atoms with Crippen LogP contribution in [0.1, 0.15) is 36.5 Å². The molecule has 0 aliphatic carbocycles. The lowest BCUT2D eigenvalue weighted by Gasteiger charge is -2.02. The lowest BCUT2D eigenvalue weighted by atomic mass is 10.1. The molecule has 3 rings (SSSR count). The molecule has 0 radical (unpaired) electrons. The number of cyclic esters (lactones) is 1. The summed E-state index contributed by atoms with van der Waals surface area (Å²) < 4.78 is 5.29. The van der Waals surface area contributed by atoms with E-state index in [-0.39, 0.29) is 5.70 Å². The van der Waals surface area contributed by atoms with Gasteiger partial charge in [0.1, 0.15) is 0 Å². The summed E-state index contributed by atoms with van der Waals surface area (Å²) in [6.07, 6.45) is 4.96. The van der Waals surface area contributed by atoms with Gasteiger partial charge in [-0.1, -0.05) is 54.7 Å². The predicted molar refractivity (Wildman–Crippen MR) is 102 cm³/mol. The smallest absolute Gasteiger partial charge is 0.363 e. The Bertz CT molecular complexity index is 854. The summed E-state index contributed by atoms with van der Waals surface area (Å²) in [6.45, 7) is 2.17. The van der Waals surface area contributed by atoms with Crippen LogP contribution in [0.2, 0.25) is 10.0 Å². The maximum atomic E-state index is 12.1. The maximum Gasteiger partial charge on any atom is 0.363 e. The third-order valence-corrected chi connectivity index (χ3v) is 4.46. The van der Waals surface area contributed by atoms with Crippen LogP contribution in [0.4, 0.5) is 0 Å². The lowest BCUT2D eigenvalue weighted by molar-refractivity contribution is -0.129. The highest BCUT2D eigenvalue weighted by atomic mass is 35.5. The van der Waals surface area contributed by atoms with Crippen LogP contribution >= 0.6 is 23.2 Å². The average Bonchev–Trinajstić information content (AvgIpc) is 2.97. The molecule has 0 aromatic heterocycles. The molecule has 2 aromatic rings. The summed E-state index contributed by atoms with van der Waals surface area (Å²) in [7, 11) is 0. The van der Waals surface area contributed by atoms with E-state index in [4.69, 9.17) is 27.9 Å². The molecule has 1 heterocycles. The van der Waals surface area contributed by atoms with Crippen LogP contribution < -0.4 is 0 Å². The highest BCUT2D eigenvalue weighted by molar-refractivity contribution is 6.35. The van der Waals surface area contributed by atoms with E-state index in [9.17, 15) is 4.79 Å². The van der Waals surface area contributed by atoms with Gasteiger partial charge in [-0.2, -0.15) is 0 Å². The van der Waals surface area contributed by atoms with Gasteiger partial charge in [-0.25, -0.2) is 9.79 Å². The number of nitrogens with zero attached hydrogens (tertiary/aromatic N) is 1. The number of unbranched alkanes of at least 4 members (excludes halogenated alkanes) is 1. The number of hydrogen-bond acceptors (Lipinski definition) is 3. The van der Waals surface area contributed by atoms with Gasteiger partial charge in [-0.15, -0.1) is 0 Å². The molecule has 0 saturated heterocycles. The number of ether oxygens (including phenoxy) is 1. The van der Waals surface area contributed by atoms with Crippen LogP contribution in [-0.4, -0.2) is 11.9 Å². The molecule has 0 unspecified atom stereocenters. The van der Waals surface area contributed by atoms with Crippen molar-refractivity contribution in [3.05, 3.63) is 74.9 Å². The summed E-state index contributed by atoms with van der Waals surface area (Å²) in [5.74, 6) is -0.181. The van der Waals surface area contributed by atoms with Crippen molar-refractivity contribution >= 4 is 41.1 Å². The zero-order chi connectivity index (χ0) is 17.8. The first-order valence-corrected chi connectivity index (χ1v) is 8.89. The largest absolute Gasteiger partial charge is 0.402 e. The Hall–Kier alpha value is -2.10. The van der Waals surface area contributed by atoms with Gasteiger partial charge < -0.3 is 4.74 Å². The Balaban J connectivity index is 1.83. The van der Waals surface area contributed by atoms with Gasteiger partial charge in [0, 0.05) is 15.6 Å². The molecule has 0 fully saturated rings. The van der Waals surface area contributed by atoms with Gasteiger partial charge in [0.2, 0.25) is 5.90 Å². The van der Waals surface area contributed by atoms with E-state index in [1.165, 1.54) is 5.56 Å². The van der Waals surface area contributed by atoms with E-state index < -0.39 is 5.97 Å². The van der Waals surface area contributed by atoms with Gasteiger partial charge in [-0.3, -0.25) is 0 Å². The van der Waals surface area contributed by atoms with Crippen LogP contribution in [0.15, 0.2) is 53.2 Å². The van der Waals surface area contributed by atoms with Crippen molar-refractivity contribution in [2.45, 2.75) is 26.2 Å². The molecule has 0 amide bonds. The Kier molecular flexibility index (Phi) is 5.57. The molecule has 5 heteroatoms. The summed E-state index contributed by atoms with van der Waals surface area (Å²) in [5, 5.41) is 0.991. The minimum Gasteiger partial charge on any atom is -0.402 e. The number of carbonyl (C=O) groups excluding carboxylic acids is 1. The fraction of sp³-hybridized carbons (Fsp3) is 0.200. The first kappa shape index (κ1) is 17.7. The predicted octanol–water partition coefficient (Wildman–Crippen LogP) is 5.68. The molecular weight excluding hydrogens is 357 g/mol. The van der Waals surface area contributed by atoms with Crippen LogP contribution in [0.3, 0.4) is 0 Å². The third-order valence-electron chi connectivity index (χ3n) is 3.90. The van der Waals surface area contributed by atoms with Gasteiger partial charge in [0.25, 0.3) is 0 Å². The van der Waals surface area contributed by atoms with Crippen molar-refractivity contribution < 1.29 is 9.53 Å². The molecule has 2 aromatic carbocycles. The van der Waals surface area contributed by atoms with Gasteiger partial charge in [0.15, 0.2) is 5.70 Å². The molecule has 3 nitrogen and oxygen atoms in total. The number of esters is 1. The Labute approximate surface area is 156 Å². The fourth-order valence-corrected chi connectivity index (χ4v) is 2.96. The normalized spacial score (nSPS) is 15.4. The fourth-order valence-electron chi connectivity index (χ4n) is 2.49. The Morgan fingerprint density at radius 1 is 1.12 bits per heavy atom. The second-order valence-electron chi connectivity index (χ2n) is 5.80. The monoisotopic (exact) mass is 373 g/mol. The number of carbonyl (C=O) groups is 1. The highest BCUT2D eigenvalue weighted by Crippen LogP contribution is 2.25. The lowest BCUT2D eigenvalue weighted by Crippen LogP contribution is -2.05.